The SMILES string of the molecule is CCNC(C)(C)C(=O)Nc1cccnc1Cl. The third kappa shape index (κ3) is 3.18. The van der Waals surface area contributed by atoms with Crippen molar-refractivity contribution in [1.82, 2.24) is 10.3 Å². The van der Waals surface area contributed by atoms with E-state index in [9.17, 15) is 4.79 Å². The molecule has 0 spiro atoms. The van der Waals surface area contributed by atoms with E-state index in [2.05, 4.69) is 15.6 Å². The van der Waals surface area contributed by atoms with Crippen molar-refractivity contribution in [3.8, 4) is 0 Å². The predicted octanol–water partition coefficient (Wildman–Crippen LogP) is 2.06. The largest absolute Gasteiger partial charge is 0.322 e. The summed E-state index contributed by atoms with van der Waals surface area (Å²) in [5, 5.41) is 6.12. The topological polar surface area (TPSA) is 54.0 Å². The lowest BCUT2D eigenvalue weighted by Crippen LogP contribution is -2.49. The number of anilines is 1. The van der Waals surface area contributed by atoms with Crippen LogP contribution in [-0.4, -0.2) is 23.0 Å². The van der Waals surface area contributed by atoms with Crippen molar-refractivity contribution in [2.24, 2.45) is 0 Å². The highest BCUT2D eigenvalue weighted by atomic mass is 35.5. The van der Waals surface area contributed by atoms with Crippen LogP contribution >= 0.6 is 11.6 Å². The fraction of sp³-hybridized carbons (Fsp3) is 0.455. The van der Waals surface area contributed by atoms with Crippen molar-refractivity contribution < 1.29 is 4.79 Å². The first-order chi connectivity index (χ1) is 7.47. The summed E-state index contributed by atoms with van der Waals surface area (Å²) >= 11 is 5.85. The van der Waals surface area contributed by atoms with Crippen molar-refractivity contribution in [3.63, 3.8) is 0 Å². The molecule has 1 aromatic rings. The minimum absolute atomic E-state index is 0.135. The fourth-order valence-electron chi connectivity index (χ4n) is 1.28. The Kier molecular flexibility index (Phi) is 4.26. The number of carbonyl (C=O) groups is 1. The third-order valence-corrected chi connectivity index (χ3v) is 2.49. The molecule has 0 fully saturated rings. The van der Waals surface area contributed by atoms with Crippen LogP contribution in [0.1, 0.15) is 20.8 Å². The third-order valence-electron chi connectivity index (χ3n) is 2.19. The van der Waals surface area contributed by atoms with Gasteiger partial charge in [-0.15, -0.1) is 0 Å². The van der Waals surface area contributed by atoms with E-state index in [-0.39, 0.29) is 5.91 Å². The summed E-state index contributed by atoms with van der Waals surface area (Å²) in [5.41, 5.74) is -0.103. The summed E-state index contributed by atoms with van der Waals surface area (Å²) in [6.45, 7) is 6.31. The molecule has 88 valence electrons. The number of likely N-dealkylation sites (N-methyl/N-ethyl adjacent to an activating group) is 1. The second-order valence-electron chi connectivity index (χ2n) is 3.95. The summed E-state index contributed by atoms with van der Waals surface area (Å²) in [4.78, 5) is 15.8. The molecule has 1 heterocycles. The quantitative estimate of drug-likeness (QED) is 0.794. The number of pyridine rings is 1. The molecule has 0 aliphatic rings. The fourth-order valence-corrected chi connectivity index (χ4v) is 1.45. The van der Waals surface area contributed by atoms with Crippen molar-refractivity contribution >= 4 is 23.2 Å². The van der Waals surface area contributed by atoms with E-state index in [4.69, 9.17) is 11.6 Å². The van der Waals surface area contributed by atoms with Gasteiger partial charge in [0, 0.05) is 6.20 Å². The van der Waals surface area contributed by atoms with Gasteiger partial charge in [0.15, 0.2) is 5.15 Å². The molecule has 2 N–H and O–H groups in total. The van der Waals surface area contributed by atoms with Crippen LogP contribution in [0.5, 0.6) is 0 Å². The van der Waals surface area contributed by atoms with E-state index in [0.717, 1.165) is 6.54 Å². The van der Waals surface area contributed by atoms with E-state index in [1.54, 1.807) is 18.3 Å². The Labute approximate surface area is 100 Å². The number of nitrogens with one attached hydrogen (secondary N) is 2. The standard InChI is InChI=1S/C11H16ClN3O/c1-4-14-11(2,3)10(16)15-8-6-5-7-13-9(8)12/h5-7,14H,4H2,1-3H3,(H,15,16). The van der Waals surface area contributed by atoms with Crippen LogP contribution < -0.4 is 10.6 Å². The van der Waals surface area contributed by atoms with Crippen molar-refractivity contribution in [1.29, 1.82) is 0 Å². The second-order valence-corrected chi connectivity index (χ2v) is 4.31. The average Bonchev–Trinajstić information content (AvgIpc) is 2.21. The molecule has 0 unspecified atom stereocenters. The molecule has 0 aromatic carbocycles. The second kappa shape index (κ2) is 5.27. The van der Waals surface area contributed by atoms with Crippen molar-refractivity contribution in [3.05, 3.63) is 23.5 Å². The van der Waals surface area contributed by atoms with Crippen LogP contribution in [0.2, 0.25) is 5.15 Å². The average molecular weight is 242 g/mol. The molecule has 0 bridgehead atoms. The molecule has 1 amide bonds. The van der Waals surface area contributed by atoms with Gasteiger partial charge in [-0.2, -0.15) is 0 Å². The molecule has 0 saturated carbocycles. The zero-order chi connectivity index (χ0) is 12.2. The molecule has 1 aromatic heterocycles. The van der Waals surface area contributed by atoms with E-state index >= 15 is 0 Å². The molecule has 1 rings (SSSR count). The molecule has 0 aliphatic carbocycles. The van der Waals surface area contributed by atoms with Crippen LogP contribution in [0.3, 0.4) is 0 Å². The number of carbonyl (C=O) groups excluding carboxylic acids is 1. The van der Waals surface area contributed by atoms with Gasteiger partial charge >= 0.3 is 0 Å². The Balaban J connectivity index is 2.75. The van der Waals surface area contributed by atoms with Gasteiger partial charge in [-0.05, 0) is 32.5 Å². The van der Waals surface area contributed by atoms with E-state index in [0.29, 0.717) is 10.8 Å². The Bertz CT molecular complexity index is 379. The summed E-state index contributed by atoms with van der Waals surface area (Å²) in [6.07, 6.45) is 1.58. The molecule has 0 aliphatic heterocycles. The highest BCUT2D eigenvalue weighted by molar-refractivity contribution is 6.32. The lowest BCUT2D eigenvalue weighted by molar-refractivity contribution is -0.121. The first kappa shape index (κ1) is 12.9. The number of halogens is 1. The van der Waals surface area contributed by atoms with Crippen LogP contribution in [-0.2, 0) is 4.79 Å². The zero-order valence-electron chi connectivity index (χ0n) is 9.67. The lowest BCUT2D eigenvalue weighted by Gasteiger charge is -2.24. The first-order valence-electron chi connectivity index (χ1n) is 5.14. The van der Waals surface area contributed by atoms with Gasteiger partial charge in [0.05, 0.1) is 11.2 Å². The highest BCUT2D eigenvalue weighted by Gasteiger charge is 2.26. The summed E-state index contributed by atoms with van der Waals surface area (Å²) in [5.74, 6) is -0.135. The molecule has 0 saturated heterocycles. The van der Waals surface area contributed by atoms with Crippen molar-refractivity contribution in [2.45, 2.75) is 26.3 Å². The van der Waals surface area contributed by atoms with Crippen molar-refractivity contribution in [2.75, 3.05) is 11.9 Å². The number of aromatic nitrogens is 1. The molecule has 5 heteroatoms. The van der Waals surface area contributed by atoms with Gasteiger partial charge in [0.25, 0.3) is 0 Å². The van der Waals surface area contributed by atoms with Gasteiger partial charge in [0.1, 0.15) is 0 Å². The monoisotopic (exact) mass is 241 g/mol. The maximum atomic E-state index is 11.9. The molecule has 0 radical (unpaired) electrons. The Morgan fingerprint density at radius 2 is 2.25 bits per heavy atom. The number of amides is 1. The van der Waals surface area contributed by atoms with E-state index in [1.165, 1.54) is 0 Å². The maximum absolute atomic E-state index is 11.9. The minimum Gasteiger partial charge on any atom is -0.322 e. The molecule has 4 nitrogen and oxygen atoms in total. The van der Waals surface area contributed by atoms with Crippen LogP contribution in [0, 0.1) is 0 Å². The number of rotatable bonds is 4. The highest BCUT2D eigenvalue weighted by Crippen LogP contribution is 2.18. The maximum Gasteiger partial charge on any atom is 0.244 e. The van der Waals surface area contributed by atoms with Gasteiger partial charge in [-0.3, -0.25) is 4.79 Å². The molecular weight excluding hydrogens is 226 g/mol. The summed E-state index contributed by atoms with van der Waals surface area (Å²) < 4.78 is 0. The van der Waals surface area contributed by atoms with Gasteiger partial charge in [0.2, 0.25) is 5.91 Å². The Morgan fingerprint density at radius 3 is 2.81 bits per heavy atom. The normalized spacial score (nSPS) is 11.2. The Hall–Kier alpha value is -1.13. The Morgan fingerprint density at radius 1 is 1.56 bits per heavy atom. The van der Waals surface area contributed by atoms with Gasteiger partial charge < -0.3 is 10.6 Å². The van der Waals surface area contributed by atoms with E-state index in [1.807, 2.05) is 20.8 Å². The molecular formula is C11H16ClN3O. The number of nitrogens with zero attached hydrogens (tertiary/aromatic N) is 1. The predicted molar refractivity (Wildman–Crippen MR) is 65.6 cm³/mol. The van der Waals surface area contributed by atoms with Crippen LogP contribution in [0.4, 0.5) is 5.69 Å². The summed E-state index contributed by atoms with van der Waals surface area (Å²) in [6, 6.07) is 3.44. The van der Waals surface area contributed by atoms with Crippen LogP contribution in [0.15, 0.2) is 18.3 Å². The van der Waals surface area contributed by atoms with Crippen LogP contribution in [0.25, 0.3) is 0 Å². The van der Waals surface area contributed by atoms with E-state index < -0.39 is 5.54 Å². The number of hydrogen-bond acceptors (Lipinski definition) is 3. The summed E-state index contributed by atoms with van der Waals surface area (Å²) in [7, 11) is 0. The van der Waals surface area contributed by atoms with Gasteiger partial charge in [-0.1, -0.05) is 18.5 Å². The lowest BCUT2D eigenvalue weighted by atomic mass is 10.0. The zero-order valence-corrected chi connectivity index (χ0v) is 10.4. The molecule has 0 atom stereocenters. The molecule has 16 heavy (non-hydrogen) atoms. The first-order valence-corrected chi connectivity index (χ1v) is 5.52. The smallest absolute Gasteiger partial charge is 0.244 e. The van der Waals surface area contributed by atoms with Gasteiger partial charge in [-0.25, -0.2) is 4.98 Å². The number of hydrogen-bond donors (Lipinski definition) is 2. The minimum atomic E-state index is -0.631.